The van der Waals surface area contributed by atoms with Crippen molar-refractivity contribution in [3.05, 3.63) is 251 Å². The van der Waals surface area contributed by atoms with Gasteiger partial charge in [-0.25, -0.2) is 0 Å². The van der Waals surface area contributed by atoms with E-state index in [2.05, 4.69) is 206 Å². The van der Waals surface area contributed by atoms with Gasteiger partial charge in [-0.05, 0) is 123 Å². The van der Waals surface area contributed by atoms with Gasteiger partial charge in [0, 0.05) is 0 Å². The van der Waals surface area contributed by atoms with Gasteiger partial charge < -0.3 is 0 Å². The fourth-order valence-electron chi connectivity index (χ4n) is 11.5. The summed E-state index contributed by atoms with van der Waals surface area (Å²) in [6.07, 6.45) is 0. The van der Waals surface area contributed by atoms with E-state index in [9.17, 15) is 0 Å². The first-order valence-corrected chi connectivity index (χ1v) is 19.8. The summed E-state index contributed by atoms with van der Waals surface area (Å²) in [5.41, 5.74) is 25.8. The summed E-state index contributed by atoms with van der Waals surface area (Å²) in [4.78, 5) is 0. The smallest absolute Gasteiger partial charge is 0.0619 e. The van der Waals surface area contributed by atoms with Crippen LogP contribution >= 0.6 is 0 Å². The lowest BCUT2D eigenvalue weighted by atomic mass is 9.70. The molecule has 0 nitrogen and oxygen atoms in total. The first kappa shape index (κ1) is 30.3. The average Bonchev–Trinajstić information content (AvgIpc) is 3.95. The Kier molecular flexibility index (Phi) is 5.85. The van der Waals surface area contributed by atoms with Crippen molar-refractivity contribution in [2.75, 3.05) is 0 Å². The second-order valence-electron chi connectivity index (χ2n) is 15.8. The Morgan fingerprint density at radius 3 is 0.661 bits per heavy atom. The molecule has 0 radical (unpaired) electrons. The van der Waals surface area contributed by atoms with E-state index in [1.807, 2.05) is 0 Å². The number of hydrogen-bond acceptors (Lipinski definition) is 0. The van der Waals surface area contributed by atoms with Gasteiger partial charge in [0.25, 0.3) is 0 Å². The van der Waals surface area contributed by atoms with Crippen LogP contribution in [-0.4, -0.2) is 0 Å². The quantitative estimate of drug-likeness (QED) is 0.168. The van der Waals surface area contributed by atoms with Crippen LogP contribution in [0.3, 0.4) is 0 Å². The Hall–Kier alpha value is -7.02. The van der Waals surface area contributed by atoms with Crippen LogP contribution in [0.2, 0.25) is 0 Å². The van der Waals surface area contributed by atoms with Crippen molar-refractivity contribution in [1.29, 1.82) is 0 Å². The zero-order valence-electron chi connectivity index (χ0n) is 30.6. The SMILES string of the molecule is c1ccc(-c2ccc3c(c2)C2(c4ccccc4-c4ccccc42)c2ccccc2-3)c(-c2ccc3c(c2)C2(c4ccccc4-c4ccccc42)c2ccccc2-3)c1. The van der Waals surface area contributed by atoms with Crippen molar-refractivity contribution in [2.45, 2.75) is 10.8 Å². The Morgan fingerprint density at radius 1 is 0.179 bits per heavy atom. The van der Waals surface area contributed by atoms with Gasteiger partial charge in [0.1, 0.15) is 0 Å². The maximum absolute atomic E-state index is 2.52. The Balaban J connectivity index is 1.04. The van der Waals surface area contributed by atoms with Crippen molar-refractivity contribution in [2.24, 2.45) is 0 Å². The molecule has 0 heterocycles. The minimum Gasteiger partial charge on any atom is -0.0619 e. The molecule has 0 atom stereocenters. The highest BCUT2D eigenvalue weighted by Crippen LogP contribution is 2.65. The molecule has 0 bridgehead atoms. The van der Waals surface area contributed by atoms with E-state index in [0.29, 0.717) is 0 Å². The standard InChI is InChI=1S/C56H34/c1-2-16-38(36-30-32-46-44-22-8-14-28-52(44)56(54(46)34-36)49-25-11-5-19-41(49)42-20-6-12-26-50(42)56)37(15-1)35-29-31-45-43-21-7-13-27-51(43)55(53(45)33-35)47-23-9-3-17-39(47)40-18-4-10-24-48(40)55/h1-34H. The molecule has 0 N–H and O–H groups in total. The van der Waals surface area contributed by atoms with Crippen LogP contribution in [-0.2, 0) is 10.8 Å². The van der Waals surface area contributed by atoms with Crippen molar-refractivity contribution >= 4 is 0 Å². The van der Waals surface area contributed by atoms with Gasteiger partial charge in [-0.1, -0.05) is 194 Å². The molecule has 0 aromatic heterocycles. The lowest BCUT2D eigenvalue weighted by Crippen LogP contribution is -2.25. The minimum atomic E-state index is -0.376. The van der Waals surface area contributed by atoms with Gasteiger partial charge >= 0.3 is 0 Å². The van der Waals surface area contributed by atoms with E-state index in [4.69, 9.17) is 0 Å². The first-order valence-electron chi connectivity index (χ1n) is 19.8. The monoisotopic (exact) mass is 706 g/mol. The van der Waals surface area contributed by atoms with Gasteiger partial charge in [-0.3, -0.25) is 0 Å². The summed E-state index contributed by atoms with van der Waals surface area (Å²) in [6, 6.07) is 78.0. The highest BCUT2D eigenvalue weighted by molar-refractivity contribution is 5.99. The highest BCUT2D eigenvalue weighted by atomic mass is 14.5. The molecular formula is C56H34. The molecule has 0 saturated heterocycles. The van der Waals surface area contributed by atoms with Crippen molar-refractivity contribution in [3.63, 3.8) is 0 Å². The summed E-state index contributed by atoms with van der Waals surface area (Å²) in [7, 11) is 0. The highest BCUT2D eigenvalue weighted by Gasteiger charge is 2.53. The number of hydrogen-bond donors (Lipinski definition) is 0. The summed E-state index contributed by atoms with van der Waals surface area (Å²) in [6.45, 7) is 0. The third-order valence-electron chi connectivity index (χ3n) is 13.5. The van der Waals surface area contributed by atoms with E-state index in [1.165, 1.54) is 111 Å². The lowest BCUT2D eigenvalue weighted by molar-refractivity contribution is 0.794. The number of rotatable bonds is 2. The normalized spacial score (nSPS) is 14.7. The molecule has 4 aliphatic carbocycles. The lowest BCUT2D eigenvalue weighted by Gasteiger charge is -2.31. The largest absolute Gasteiger partial charge is 0.0725 e. The van der Waals surface area contributed by atoms with Crippen molar-refractivity contribution in [3.8, 4) is 66.8 Å². The predicted octanol–water partition coefficient (Wildman–Crippen LogP) is 13.7. The van der Waals surface area contributed by atoms with Gasteiger partial charge in [0.15, 0.2) is 0 Å². The third kappa shape index (κ3) is 3.52. The van der Waals surface area contributed by atoms with Crippen LogP contribution in [0.5, 0.6) is 0 Å². The molecule has 0 fully saturated rings. The maximum atomic E-state index is 2.52. The Bertz CT molecular complexity index is 2820. The molecular weight excluding hydrogens is 673 g/mol. The fourth-order valence-corrected chi connectivity index (χ4v) is 11.5. The van der Waals surface area contributed by atoms with E-state index in [1.54, 1.807) is 0 Å². The van der Waals surface area contributed by atoms with Gasteiger partial charge in [-0.2, -0.15) is 0 Å². The van der Waals surface area contributed by atoms with Crippen molar-refractivity contribution in [1.82, 2.24) is 0 Å². The molecule has 0 aliphatic heterocycles. The fraction of sp³-hybridized carbons (Fsp3) is 0.0357. The molecule has 9 aromatic rings. The second kappa shape index (κ2) is 10.8. The van der Waals surface area contributed by atoms with E-state index in [0.717, 1.165) is 0 Å². The van der Waals surface area contributed by atoms with Gasteiger partial charge in [0.2, 0.25) is 0 Å². The molecule has 0 amide bonds. The van der Waals surface area contributed by atoms with Crippen LogP contribution in [0, 0.1) is 0 Å². The number of benzene rings is 9. The van der Waals surface area contributed by atoms with E-state index < -0.39 is 0 Å². The summed E-state index contributed by atoms with van der Waals surface area (Å²) < 4.78 is 0. The second-order valence-corrected chi connectivity index (χ2v) is 15.8. The molecule has 9 aromatic carbocycles. The Morgan fingerprint density at radius 2 is 0.393 bits per heavy atom. The molecule has 0 unspecified atom stereocenters. The van der Waals surface area contributed by atoms with Gasteiger partial charge in [0.05, 0.1) is 10.8 Å². The Labute approximate surface area is 327 Å². The summed E-state index contributed by atoms with van der Waals surface area (Å²) >= 11 is 0. The molecule has 13 rings (SSSR count). The molecule has 0 heteroatoms. The molecule has 2 spiro atoms. The van der Waals surface area contributed by atoms with Crippen LogP contribution < -0.4 is 0 Å². The zero-order valence-corrected chi connectivity index (χ0v) is 30.6. The summed E-state index contributed by atoms with van der Waals surface area (Å²) in [5, 5.41) is 0. The van der Waals surface area contributed by atoms with Crippen molar-refractivity contribution < 1.29 is 0 Å². The van der Waals surface area contributed by atoms with Gasteiger partial charge in [-0.15, -0.1) is 0 Å². The van der Waals surface area contributed by atoms with Crippen LogP contribution in [0.1, 0.15) is 44.5 Å². The zero-order chi connectivity index (χ0) is 36.6. The van der Waals surface area contributed by atoms with Crippen LogP contribution in [0.4, 0.5) is 0 Å². The maximum Gasteiger partial charge on any atom is 0.0725 e. The number of fused-ring (bicyclic) bond motifs is 20. The average molecular weight is 707 g/mol. The minimum absolute atomic E-state index is 0.376. The molecule has 0 saturated carbocycles. The topological polar surface area (TPSA) is 0 Å². The molecule has 258 valence electrons. The molecule has 56 heavy (non-hydrogen) atoms. The van der Waals surface area contributed by atoms with Crippen LogP contribution in [0.25, 0.3) is 66.8 Å². The first-order chi connectivity index (χ1) is 27.8. The van der Waals surface area contributed by atoms with E-state index >= 15 is 0 Å². The van der Waals surface area contributed by atoms with Crippen LogP contribution in [0.15, 0.2) is 206 Å². The summed E-state index contributed by atoms with van der Waals surface area (Å²) in [5.74, 6) is 0. The predicted molar refractivity (Wildman–Crippen MR) is 230 cm³/mol. The molecule has 4 aliphatic rings. The third-order valence-corrected chi connectivity index (χ3v) is 13.5. The van der Waals surface area contributed by atoms with E-state index in [-0.39, 0.29) is 10.8 Å².